The van der Waals surface area contributed by atoms with Crippen LogP contribution in [0.25, 0.3) is 10.9 Å². The minimum Gasteiger partial charge on any atom is -0.342 e. The Balaban J connectivity index is 2.03. The summed E-state index contributed by atoms with van der Waals surface area (Å²) in [4.78, 5) is 1.36. The number of hydrogen-bond donors (Lipinski definition) is 0. The highest BCUT2D eigenvalue weighted by atomic mass is 79.9. The summed E-state index contributed by atoms with van der Waals surface area (Å²) in [5.41, 5.74) is 1.27. The van der Waals surface area contributed by atoms with Crippen LogP contribution in [0.1, 0.15) is 4.88 Å². The number of nitrogens with zero attached hydrogens (tertiary/aromatic N) is 1. The Morgan fingerprint density at radius 2 is 1.94 bits per heavy atom. The van der Waals surface area contributed by atoms with Gasteiger partial charge in [0.2, 0.25) is 0 Å². The highest BCUT2D eigenvalue weighted by Gasteiger charge is 2.04. The summed E-state index contributed by atoms with van der Waals surface area (Å²) in [5.74, 6) is 0. The normalized spacial score (nSPS) is 11.2. The minimum absolute atomic E-state index is 0.927. The number of benzene rings is 1. The number of thiophene rings is 1. The van der Waals surface area contributed by atoms with E-state index in [-0.39, 0.29) is 0 Å². The zero-order valence-electron chi connectivity index (χ0n) is 8.86. The molecule has 0 saturated heterocycles. The van der Waals surface area contributed by atoms with Crippen LogP contribution in [-0.4, -0.2) is 4.57 Å². The van der Waals surface area contributed by atoms with Gasteiger partial charge in [0, 0.05) is 30.9 Å². The lowest BCUT2D eigenvalue weighted by atomic mass is 10.2. The summed E-state index contributed by atoms with van der Waals surface area (Å²) in [6.45, 7) is 0.927. The first-order valence-electron chi connectivity index (χ1n) is 5.20. The van der Waals surface area contributed by atoms with E-state index in [4.69, 9.17) is 0 Å². The van der Waals surface area contributed by atoms with Gasteiger partial charge in [0.15, 0.2) is 0 Å². The van der Waals surface area contributed by atoms with Gasteiger partial charge in [-0.3, -0.25) is 0 Å². The molecule has 0 aliphatic carbocycles. The molecule has 1 aromatic carbocycles. The third-order valence-electron chi connectivity index (χ3n) is 2.68. The van der Waals surface area contributed by atoms with Crippen LogP contribution in [0.2, 0.25) is 0 Å². The van der Waals surface area contributed by atoms with E-state index in [1.165, 1.54) is 15.8 Å². The van der Waals surface area contributed by atoms with E-state index in [2.05, 4.69) is 78.3 Å². The van der Waals surface area contributed by atoms with Crippen molar-refractivity contribution in [3.05, 3.63) is 55.7 Å². The highest BCUT2D eigenvalue weighted by Crippen LogP contribution is 2.25. The zero-order chi connectivity index (χ0) is 11.8. The zero-order valence-corrected chi connectivity index (χ0v) is 12.8. The largest absolute Gasteiger partial charge is 0.342 e. The predicted octanol–water partition coefficient (Wildman–Crippen LogP) is 5.28. The van der Waals surface area contributed by atoms with Crippen molar-refractivity contribution >= 4 is 54.1 Å². The highest BCUT2D eigenvalue weighted by molar-refractivity contribution is 9.10. The van der Waals surface area contributed by atoms with Crippen LogP contribution >= 0.6 is 43.2 Å². The number of halogens is 2. The lowest BCUT2D eigenvalue weighted by molar-refractivity contribution is 0.851. The van der Waals surface area contributed by atoms with Crippen molar-refractivity contribution in [2.24, 2.45) is 0 Å². The van der Waals surface area contributed by atoms with Crippen LogP contribution in [0.15, 0.2) is 50.9 Å². The molecular formula is C13H9Br2NS. The second-order valence-corrected chi connectivity index (χ2v) is 6.71. The fraction of sp³-hybridized carbons (Fsp3) is 0.0769. The van der Waals surface area contributed by atoms with Crippen molar-refractivity contribution in [1.82, 2.24) is 4.57 Å². The first kappa shape index (κ1) is 11.5. The molecule has 0 radical (unpaired) electrons. The fourth-order valence-electron chi connectivity index (χ4n) is 1.90. The molecule has 0 atom stereocenters. The maximum Gasteiger partial charge on any atom is 0.0569 e. The van der Waals surface area contributed by atoms with Crippen molar-refractivity contribution in [1.29, 1.82) is 0 Å². The van der Waals surface area contributed by atoms with E-state index in [9.17, 15) is 0 Å². The second-order valence-electron chi connectivity index (χ2n) is 3.88. The van der Waals surface area contributed by atoms with Gasteiger partial charge in [0.05, 0.1) is 6.54 Å². The molecule has 0 aliphatic heterocycles. The van der Waals surface area contributed by atoms with Gasteiger partial charge >= 0.3 is 0 Å². The molecule has 0 saturated carbocycles. The number of aromatic nitrogens is 1. The van der Waals surface area contributed by atoms with Gasteiger partial charge in [0.1, 0.15) is 0 Å². The topological polar surface area (TPSA) is 4.93 Å². The first-order valence-corrected chi connectivity index (χ1v) is 7.66. The molecule has 1 nitrogen and oxygen atoms in total. The summed E-state index contributed by atoms with van der Waals surface area (Å²) in [6.07, 6.45) is 2.14. The molecule has 4 heteroatoms. The third kappa shape index (κ3) is 2.34. The Morgan fingerprint density at radius 3 is 2.71 bits per heavy atom. The molecule has 17 heavy (non-hydrogen) atoms. The lowest BCUT2D eigenvalue weighted by Crippen LogP contribution is -1.95. The Kier molecular flexibility index (Phi) is 3.11. The van der Waals surface area contributed by atoms with Crippen molar-refractivity contribution < 1.29 is 0 Å². The van der Waals surface area contributed by atoms with Gasteiger partial charge in [0.25, 0.3) is 0 Å². The average Bonchev–Trinajstić information content (AvgIpc) is 2.87. The Labute approximate surface area is 120 Å². The average molecular weight is 371 g/mol. The third-order valence-corrected chi connectivity index (χ3v) is 4.86. The van der Waals surface area contributed by atoms with Crippen molar-refractivity contribution in [2.45, 2.75) is 6.54 Å². The Morgan fingerprint density at radius 1 is 1.06 bits per heavy atom. The lowest BCUT2D eigenvalue weighted by Gasteiger charge is -2.03. The van der Waals surface area contributed by atoms with Crippen LogP contribution in [0.4, 0.5) is 0 Å². The van der Waals surface area contributed by atoms with E-state index < -0.39 is 0 Å². The molecule has 3 aromatic rings. The van der Waals surface area contributed by atoms with Crippen LogP contribution in [-0.2, 0) is 6.54 Å². The van der Waals surface area contributed by atoms with E-state index in [0.717, 1.165) is 15.5 Å². The smallest absolute Gasteiger partial charge is 0.0569 e. The van der Waals surface area contributed by atoms with Gasteiger partial charge in [-0.25, -0.2) is 0 Å². The van der Waals surface area contributed by atoms with Crippen molar-refractivity contribution in [3.8, 4) is 0 Å². The van der Waals surface area contributed by atoms with Crippen LogP contribution in [0, 0.1) is 0 Å². The number of hydrogen-bond acceptors (Lipinski definition) is 1. The molecule has 2 aromatic heterocycles. The van der Waals surface area contributed by atoms with Gasteiger partial charge in [-0.2, -0.15) is 0 Å². The maximum absolute atomic E-state index is 3.52. The van der Waals surface area contributed by atoms with E-state index in [1.54, 1.807) is 11.3 Å². The Bertz CT molecular complexity index is 669. The van der Waals surface area contributed by atoms with Crippen LogP contribution in [0.5, 0.6) is 0 Å². The van der Waals surface area contributed by atoms with E-state index in [0.29, 0.717) is 0 Å². The standard InChI is InChI=1S/C13H9Br2NS/c14-10-2-1-9-3-4-16(13(9)6-10)7-12-5-11(15)8-17-12/h1-6,8H,7H2. The van der Waals surface area contributed by atoms with E-state index >= 15 is 0 Å². The first-order chi connectivity index (χ1) is 8.22. The summed E-state index contributed by atoms with van der Waals surface area (Å²) >= 11 is 8.79. The summed E-state index contributed by atoms with van der Waals surface area (Å²) < 4.78 is 4.56. The molecule has 0 N–H and O–H groups in total. The number of fused-ring (bicyclic) bond motifs is 1. The molecule has 86 valence electrons. The van der Waals surface area contributed by atoms with Gasteiger partial charge < -0.3 is 4.57 Å². The quantitative estimate of drug-likeness (QED) is 0.578. The summed E-state index contributed by atoms with van der Waals surface area (Å²) in [7, 11) is 0. The van der Waals surface area contributed by atoms with Gasteiger partial charge in [-0.15, -0.1) is 11.3 Å². The molecule has 0 bridgehead atoms. The van der Waals surface area contributed by atoms with Crippen LogP contribution < -0.4 is 0 Å². The second kappa shape index (κ2) is 4.59. The molecule has 2 heterocycles. The van der Waals surface area contributed by atoms with Crippen molar-refractivity contribution in [3.63, 3.8) is 0 Å². The van der Waals surface area contributed by atoms with Crippen LogP contribution in [0.3, 0.4) is 0 Å². The van der Waals surface area contributed by atoms with Gasteiger partial charge in [-0.05, 0) is 45.6 Å². The summed E-state index contributed by atoms with van der Waals surface area (Å²) in [5, 5.41) is 3.40. The summed E-state index contributed by atoms with van der Waals surface area (Å²) in [6, 6.07) is 10.7. The maximum atomic E-state index is 3.52. The molecule has 0 fully saturated rings. The molecule has 0 unspecified atom stereocenters. The minimum atomic E-state index is 0.927. The molecule has 0 amide bonds. The number of rotatable bonds is 2. The molecule has 0 aliphatic rings. The monoisotopic (exact) mass is 369 g/mol. The van der Waals surface area contributed by atoms with Crippen molar-refractivity contribution in [2.75, 3.05) is 0 Å². The molecular weight excluding hydrogens is 362 g/mol. The molecule has 3 rings (SSSR count). The molecule has 0 spiro atoms. The van der Waals surface area contributed by atoms with E-state index in [1.807, 2.05) is 0 Å². The predicted molar refractivity (Wildman–Crippen MR) is 80.8 cm³/mol. The van der Waals surface area contributed by atoms with Gasteiger partial charge in [-0.1, -0.05) is 22.0 Å². The Hall–Kier alpha value is -0.580. The SMILES string of the molecule is Brc1csc(Cn2ccc3ccc(Br)cc32)c1. The fourth-order valence-corrected chi connectivity index (χ4v) is 3.70.